The number of hydrogen-bond acceptors (Lipinski definition) is 2. The molecule has 0 heterocycles. The highest BCUT2D eigenvalue weighted by Gasteiger charge is 2.42. The van der Waals surface area contributed by atoms with Gasteiger partial charge in [0.05, 0.1) is 0 Å². The van der Waals surface area contributed by atoms with E-state index in [1.807, 2.05) is 0 Å². The zero-order chi connectivity index (χ0) is 12.4. The molecule has 3 unspecified atom stereocenters. The number of aliphatic hydroxyl groups excluding tert-OH is 1. The fourth-order valence-electron chi connectivity index (χ4n) is 4.35. The molecule has 0 aromatic carbocycles. The summed E-state index contributed by atoms with van der Waals surface area (Å²) in [5.41, 5.74) is 0.484. The molecule has 3 aliphatic carbocycles. The Labute approximate surface area is 112 Å². The fraction of sp³-hybridized carbons (Fsp3) is 1.00. The molecule has 3 saturated carbocycles. The maximum Gasteiger partial charge on any atom is 0.0436 e. The minimum absolute atomic E-state index is 0.372. The number of rotatable bonds is 5. The summed E-state index contributed by atoms with van der Waals surface area (Å²) in [7, 11) is 0. The summed E-state index contributed by atoms with van der Waals surface area (Å²) in [5, 5.41) is 12.9. The Morgan fingerprint density at radius 1 is 1.00 bits per heavy atom. The van der Waals surface area contributed by atoms with E-state index in [0.29, 0.717) is 12.0 Å². The van der Waals surface area contributed by atoms with Crippen molar-refractivity contribution in [3.8, 4) is 0 Å². The second-order valence-electron chi connectivity index (χ2n) is 7.17. The summed E-state index contributed by atoms with van der Waals surface area (Å²) in [5.74, 6) is 2.09. The minimum Gasteiger partial charge on any atom is -0.396 e. The van der Waals surface area contributed by atoms with Crippen molar-refractivity contribution in [1.29, 1.82) is 0 Å². The molecular weight excluding hydrogens is 222 g/mol. The first-order valence-corrected chi connectivity index (χ1v) is 8.16. The molecule has 3 fully saturated rings. The van der Waals surface area contributed by atoms with Gasteiger partial charge in [0.2, 0.25) is 0 Å². The van der Waals surface area contributed by atoms with E-state index in [1.165, 1.54) is 57.8 Å². The van der Waals surface area contributed by atoms with Crippen LogP contribution in [0, 0.1) is 17.3 Å². The van der Waals surface area contributed by atoms with Crippen molar-refractivity contribution in [3.63, 3.8) is 0 Å². The molecule has 2 N–H and O–H groups in total. The van der Waals surface area contributed by atoms with Crippen molar-refractivity contribution in [3.05, 3.63) is 0 Å². The molecule has 104 valence electrons. The van der Waals surface area contributed by atoms with Crippen molar-refractivity contribution in [2.75, 3.05) is 13.2 Å². The van der Waals surface area contributed by atoms with Crippen LogP contribution in [-0.2, 0) is 0 Å². The summed E-state index contributed by atoms with van der Waals surface area (Å²) in [6.07, 6.45) is 13.9. The molecule has 0 amide bonds. The molecule has 0 spiro atoms. The van der Waals surface area contributed by atoms with Crippen LogP contribution in [0.3, 0.4) is 0 Å². The highest BCUT2D eigenvalue weighted by Crippen LogP contribution is 2.48. The van der Waals surface area contributed by atoms with Crippen LogP contribution in [0.25, 0.3) is 0 Å². The van der Waals surface area contributed by atoms with Crippen molar-refractivity contribution in [1.82, 2.24) is 5.32 Å². The molecule has 2 heteroatoms. The van der Waals surface area contributed by atoms with Crippen LogP contribution in [0.15, 0.2) is 0 Å². The van der Waals surface area contributed by atoms with Gasteiger partial charge in [-0.15, -0.1) is 0 Å². The van der Waals surface area contributed by atoms with Gasteiger partial charge in [-0.2, -0.15) is 0 Å². The zero-order valence-electron chi connectivity index (χ0n) is 11.7. The lowest BCUT2D eigenvalue weighted by molar-refractivity contribution is 0.139. The van der Waals surface area contributed by atoms with E-state index >= 15 is 0 Å². The minimum atomic E-state index is 0.372. The first-order valence-electron chi connectivity index (χ1n) is 8.16. The Morgan fingerprint density at radius 3 is 2.50 bits per heavy atom. The molecule has 3 atom stereocenters. The second-order valence-corrected chi connectivity index (χ2v) is 7.17. The van der Waals surface area contributed by atoms with E-state index in [4.69, 9.17) is 5.11 Å². The number of hydrogen-bond donors (Lipinski definition) is 2. The van der Waals surface area contributed by atoms with E-state index in [1.54, 1.807) is 0 Å². The van der Waals surface area contributed by atoms with Crippen LogP contribution in [-0.4, -0.2) is 24.3 Å². The van der Waals surface area contributed by atoms with Crippen molar-refractivity contribution >= 4 is 0 Å². The van der Waals surface area contributed by atoms with Crippen molar-refractivity contribution in [2.24, 2.45) is 17.3 Å². The maximum atomic E-state index is 9.11. The molecule has 0 saturated heterocycles. The van der Waals surface area contributed by atoms with Crippen LogP contribution in [0.2, 0.25) is 0 Å². The topological polar surface area (TPSA) is 32.3 Å². The average Bonchev–Trinajstić information content (AvgIpc) is 3.17. The van der Waals surface area contributed by atoms with Gasteiger partial charge in [0, 0.05) is 19.2 Å². The third-order valence-corrected chi connectivity index (χ3v) is 5.90. The van der Waals surface area contributed by atoms with Gasteiger partial charge in [-0.25, -0.2) is 0 Å². The molecule has 0 radical (unpaired) electrons. The second kappa shape index (κ2) is 5.50. The van der Waals surface area contributed by atoms with Gasteiger partial charge in [0.15, 0.2) is 0 Å². The molecule has 2 nitrogen and oxygen atoms in total. The number of fused-ring (bicyclic) bond motifs is 1. The van der Waals surface area contributed by atoms with Gasteiger partial charge < -0.3 is 10.4 Å². The average molecular weight is 251 g/mol. The van der Waals surface area contributed by atoms with E-state index in [2.05, 4.69) is 5.32 Å². The lowest BCUT2D eigenvalue weighted by Gasteiger charge is -2.40. The maximum absolute atomic E-state index is 9.11. The van der Waals surface area contributed by atoms with Gasteiger partial charge >= 0.3 is 0 Å². The van der Waals surface area contributed by atoms with Crippen LogP contribution in [0.4, 0.5) is 0 Å². The Hall–Kier alpha value is -0.0800. The van der Waals surface area contributed by atoms with Gasteiger partial charge in [-0.1, -0.05) is 25.7 Å². The van der Waals surface area contributed by atoms with E-state index in [-0.39, 0.29) is 0 Å². The Morgan fingerprint density at radius 2 is 1.78 bits per heavy atom. The fourth-order valence-corrected chi connectivity index (χ4v) is 4.35. The van der Waals surface area contributed by atoms with Gasteiger partial charge in [-0.05, 0) is 55.8 Å². The van der Waals surface area contributed by atoms with Crippen molar-refractivity contribution in [2.45, 2.75) is 70.3 Å². The van der Waals surface area contributed by atoms with Gasteiger partial charge in [0.25, 0.3) is 0 Å². The van der Waals surface area contributed by atoms with Crippen molar-refractivity contribution < 1.29 is 5.11 Å². The summed E-state index contributed by atoms with van der Waals surface area (Å²) < 4.78 is 0. The van der Waals surface area contributed by atoms with E-state index in [9.17, 15) is 0 Å². The smallest absolute Gasteiger partial charge is 0.0436 e. The molecule has 3 aliphatic rings. The highest BCUT2D eigenvalue weighted by atomic mass is 16.3. The SMILES string of the molecule is OCCC1(CNC2CCC3CCCCC3C2)CC1. The lowest BCUT2D eigenvalue weighted by Crippen LogP contribution is -2.41. The summed E-state index contributed by atoms with van der Waals surface area (Å²) in [4.78, 5) is 0. The monoisotopic (exact) mass is 251 g/mol. The van der Waals surface area contributed by atoms with Crippen LogP contribution in [0.1, 0.15) is 64.2 Å². The van der Waals surface area contributed by atoms with Crippen LogP contribution >= 0.6 is 0 Å². The van der Waals surface area contributed by atoms with Gasteiger partial charge in [0.1, 0.15) is 0 Å². The Balaban J connectivity index is 1.44. The first kappa shape index (κ1) is 12.9. The van der Waals surface area contributed by atoms with Gasteiger partial charge in [-0.3, -0.25) is 0 Å². The Kier molecular flexibility index (Phi) is 3.95. The molecule has 0 aliphatic heterocycles. The molecule has 3 rings (SSSR count). The molecule has 0 bridgehead atoms. The zero-order valence-corrected chi connectivity index (χ0v) is 11.7. The van der Waals surface area contributed by atoms with E-state index in [0.717, 1.165) is 30.8 Å². The number of nitrogens with one attached hydrogen (secondary N) is 1. The number of aliphatic hydroxyl groups is 1. The van der Waals surface area contributed by atoms with Crippen LogP contribution in [0.5, 0.6) is 0 Å². The van der Waals surface area contributed by atoms with E-state index < -0.39 is 0 Å². The highest BCUT2D eigenvalue weighted by molar-refractivity contribution is 4.96. The summed E-state index contributed by atoms with van der Waals surface area (Å²) in [6, 6.07) is 0.778. The van der Waals surface area contributed by atoms with Crippen LogP contribution < -0.4 is 5.32 Å². The molecule has 18 heavy (non-hydrogen) atoms. The third-order valence-electron chi connectivity index (χ3n) is 5.90. The largest absolute Gasteiger partial charge is 0.396 e. The third kappa shape index (κ3) is 2.91. The lowest BCUT2D eigenvalue weighted by atomic mass is 9.69. The summed E-state index contributed by atoms with van der Waals surface area (Å²) >= 11 is 0. The normalized spacial score (nSPS) is 38.2. The molecule has 0 aromatic heterocycles. The Bertz CT molecular complexity index is 274. The predicted molar refractivity (Wildman–Crippen MR) is 74.5 cm³/mol. The molecular formula is C16H29NO. The standard InChI is InChI=1S/C16H29NO/c18-10-9-16(7-8-16)12-17-15-6-5-13-3-1-2-4-14(13)11-15/h13-15,17-18H,1-12H2. The quantitative estimate of drug-likeness (QED) is 0.787. The predicted octanol–water partition coefficient (Wildman–Crippen LogP) is 3.10. The first-order chi connectivity index (χ1) is 8.81. The molecule has 0 aromatic rings. The summed E-state index contributed by atoms with van der Waals surface area (Å²) in [6.45, 7) is 1.53.